The third-order valence-corrected chi connectivity index (χ3v) is 6.01. The maximum Gasteiger partial charge on any atom is 0.254 e. The second-order valence-corrected chi connectivity index (χ2v) is 8.18. The lowest BCUT2D eigenvalue weighted by molar-refractivity contribution is 0.0746. The summed E-state index contributed by atoms with van der Waals surface area (Å²) >= 11 is 5.16. The summed E-state index contributed by atoms with van der Waals surface area (Å²) in [6.45, 7) is 5.18. The number of benzene rings is 2. The van der Waals surface area contributed by atoms with Gasteiger partial charge >= 0.3 is 0 Å². The number of halogens is 1. The van der Waals surface area contributed by atoms with Crippen LogP contribution in [0.15, 0.2) is 46.9 Å². The first-order valence-electron chi connectivity index (χ1n) is 8.27. The van der Waals surface area contributed by atoms with E-state index in [2.05, 4.69) is 46.0 Å². The number of nitrogens with zero attached hydrogens (tertiary/aromatic N) is 3. The predicted octanol–water partition coefficient (Wildman–Crippen LogP) is 4.33. The largest absolute Gasteiger partial charge is 0.345 e. The number of fused-ring (bicyclic) bond motifs is 1. The minimum atomic E-state index is 0.0980. The fraction of sp³-hybridized carbons (Fsp3) is 0.263. The summed E-state index contributed by atoms with van der Waals surface area (Å²) in [5.41, 5.74) is 3.05. The number of carbonyl (C=O) groups excluding carboxylic acids is 1. The molecule has 2 aromatic carbocycles. The maximum atomic E-state index is 12.6. The third-order valence-electron chi connectivity index (χ3n) is 4.44. The van der Waals surface area contributed by atoms with Gasteiger partial charge in [0.25, 0.3) is 5.91 Å². The molecule has 25 heavy (non-hydrogen) atoms. The van der Waals surface area contributed by atoms with Crippen molar-refractivity contribution in [3.63, 3.8) is 0 Å². The lowest BCUT2D eigenvalue weighted by atomic mass is 10.2. The van der Waals surface area contributed by atoms with E-state index < -0.39 is 0 Å². The van der Waals surface area contributed by atoms with Crippen LogP contribution in [0.3, 0.4) is 0 Å². The summed E-state index contributed by atoms with van der Waals surface area (Å²) in [7, 11) is 0. The summed E-state index contributed by atoms with van der Waals surface area (Å²) < 4.78 is 2.16. The van der Waals surface area contributed by atoms with Gasteiger partial charge in [0.05, 0.1) is 10.2 Å². The highest BCUT2D eigenvalue weighted by molar-refractivity contribution is 9.10. The lowest BCUT2D eigenvalue weighted by Crippen LogP contribution is -2.48. The van der Waals surface area contributed by atoms with Crippen molar-refractivity contribution < 1.29 is 4.79 Å². The van der Waals surface area contributed by atoms with E-state index in [1.807, 2.05) is 29.2 Å². The number of hydrogen-bond acceptors (Lipinski definition) is 4. The van der Waals surface area contributed by atoms with E-state index in [9.17, 15) is 4.79 Å². The van der Waals surface area contributed by atoms with Crippen molar-refractivity contribution in [1.82, 2.24) is 9.88 Å². The number of aromatic nitrogens is 1. The van der Waals surface area contributed by atoms with Crippen LogP contribution in [-0.4, -0.2) is 42.0 Å². The summed E-state index contributed by atoms with van der Waals surface area (Å²) in [4.78, 5) is 21.6. The Balaban J connectivity index is 1.46. The number of carbonyl (C=O) groups is 1. The fourth-order valence-electron chi connectivity index (χ4n) is 3.06. The molecule has 0 atom stereocenters. The van der Waals surface area contributed by atoms with E-state index >= 15 is 0 Å². The SMILES string of the molecule is Cc1ccc2nc(N3CCN(C(=O)c4cccc(Br)c4)CC3)sc2c1. The number of rotatable bonds is 2. The first kappa shape index (κ1) is 16.5. The standard InChI is InChI=1S/C19H18BrN3OS/c1-13-5-6-16-17(11-13)25-19(21-16)23-9-7-22(8-10-23)18(24)14-3-2-4-15(20)12-14/h2-6,11-12H,7-10H2,1H3. The number of amides is 1. The van der Waals surface area contributed by atoms with Gasteiger partial charge in [-0.1, -0.05) is 39.4 Å². The zero-order valence-corrected chi connectivity index (χ0v) is 16.3. The van der Waals surface area contributed by atoms with Gasteiger partial charge in [0.2, 0.25) is 0 Å². The van der Waals surface area contributed by atoms with Gasteiger partial charge < -0.3 is 9.80 Å². The van der Waals surface area contributed by atoms with Crippen LogP contribution < -0.4 is 4.90 Å². The molecule has 0 aliphatic carbocycles. The Morgan fingerprint density at radius 3 is 2.68 bits per heavy atom. The van der Waals surface area contributed by atoms with Crippen LogP contribution in [0.1, 0.15) is 15.9 Å². The van der Waals surface area contributed by atoms with Gasteiger partial charge in [-0.25, -0.2) is 4.98 Å². The molecule has 0 unspecified atom stereocenters. The molecule has 2 heterocycles. The highest BCUT2D eigenvalue weighted by Gasteiger charge is 2.24. The van der Waals surface area contributed by atoms with E-state index in [0.29, 0.717) is 0 Å². The quantitative estimate of drug-likeness (QED) is 0.624. The monoisotopic (exact) mass is 415 g/mol. The third kappa shape index (κ3) is 3.41. The number of piperazine rings is 1. The number of thiazole rings is 1. The average molecular weight is 416 g/mol. The molecule has 1 saturated heterocycles. The Morgan fingerprint density at radius 2 is 1.92 bits per heavy atom. The first-order chi connectivity index (χ1) is 12.1. The van der Waals surface area contributed by atoms with Crippen LogP contribution in [0.2, 0.25) is 0 Å². The minimum Gasteiger partial charge on any atom is -0.345 e. The number of aryl methyl sites for hydroxylation is 1. The molecule has 0 saturated carbocycles. The van der Waals surface area contributed by atoms with Gasteiger partial charge in [0.15, 0.2) is 5.13 Å². The van der Waals surface area contributed by atoms with Gasteiger partial charge in [-0.15, -0.1) is 0 Å². The topological polar surface area (TPSA) is 36.4 Å². The fourth-order valence-corrected chi connectivity index (χ4v) is 4.57. The molecule has 6 heteroatoms. The molecular weight excluding hydrogens is 398 g/mol. The highest BCUT2D eigenvalue weighted by atomic mass is 79.9. The summed E-state index contributed by atoms with van der Waals surface area (Å²) in [6.07, 6.45) is 0. The highest BCUT2D eigenvalue weighted by Crippen LogP contribution is 2.30. The molecule has 0 spiro atoms. The Bertz CT molecular complexity index is 931. The average Bonchev–Trinajstić information content (AvgIpc) is 3.04. The van der Waals surface area contributed by atoms with E-state index in [0.717, 1.165) is 46.9 Å². The van der Waals surface area contributed by atoms with Crippen molar-refractivity contribution in [2.75, 3.05) is 31.1 Å². The zero-order chi connectivity index (χ0) is 17.4. The van der Waals surface area contributed by atoms with Gasteiger partial charge in [-0.2, -0.15) is 0 Å². The Labute approximate surface area is 159 Å². The van der Waals surface area contributed by atoms with E-state index in [1.54, 1.807) is 11.3 Å². The lowest BCUT2D eigenvalue weighted by Gasteiger charge is -2.34. The van der Waals surface area contributed by atoms with Gasteiger partial charge in [-0.3, -0.25) is 4.79 Å². The van der Waals surface area contributed by atoms with E-state index in [1.165, 1.54) is 10.3 Å². The summed E-state index contributed by atoms with van der Waals surface area (Å²) in [6, 6.07) is 13.9. The molecule has 3 aromatic rings. The normalized spacial score (nSPS) is 15.0. The van der Waals surface area contributed by atoms with Crippen molar-refractivity contribution in [3.05, 3.63) is 58.1 Å². The Morgan fingerprint density at radius 1 is 1.12 bits per heavy atom. The van der Waals surface area contributed by atoms with Crippen LogP contribution in [0.25, 0.3) is 10.2 Å². The van der Waals surface area contributed by atoms with Gasteiger partial charge in [0.1, 0.15) is 0 Å². The van der Waals surface area contributed by atoms with Gasteiger partial charge in [0, 0.05) is 36.2 Å². The molecule has 1 fully saturated rings. The molecule has 0 radical (unpaired) electrons. The molecule has 4 nitrogen and oxygen atoms in total. The molecule has 0 N–H and O–H groups in total. The molecule has 1 aliphatic rings. The molecule has 1 aromatic heterocycles. The van der Waals surface area contributed by atoms with E-state index in [-0.39, 0.29) is 5.91 Å². The van der Waals surface area contributed by atoms with Crippen molar-refractivity contribution >= 4 is 48.5 Å². The first-order valence-corrected chi connectivity index (χ1v) is 9.88. The second kappa shape index (κ2) is 6.77. The maximum absolute atomic E-state index is 12.6. The van der Waals surface area contributed by atoms with Crippen molar-refractivity contribution in [1.29, 1.82) is 0 Å². The second-order valence-electron chi connectivity index (χ2n) is 6.26. The number of hydrogen-bond donors (Lipinski definition) is 0. The van der Waals surface area contributed by atoms with Crippen LogP contribution in [0.5, 0.6) is 0 Å². The van der Waals surface area contributed by atoms with Crippen LogP contribution in [0.4, 0.5) is 5.13 Å². The Kier molecular flexibility index (Phi) is 4.48. The molecule has 128 valence electrons. The summed E-state index contributed by atoms with van der Waals surface area (Å²) in [5.74, 6) is 0.0980. The van der Waals surface area contributed by atoms with Gasteiger partial charge in [-0.05, 0) is 42.8 Å². The zero-order valence-electron chi connectivity index (χ0n) is 13.9. The van der Waals surface area contributed by atoms with Crippen molar-refractivity contribution in [2.24, 2.45) is 0 Å². The number of anilines is 1. The van der Waals surface area contributed by atoms with Crippen LogP contribution >= 0.6 is 27.3 Å². The molecular formula is C19H18BrN3OS. The van der Waals surface area contributed by atoms with Crippen LogP contribution in [0, 0.1) is 6.92 Å². The van der Waals surface area contributed by atoms with Crippen LogP contribution in [-0.2, 0) is 0 Å². The smallest absolute Gasteiger partial charge is 0.254 e. The Hall–Kier alpha value is -1.92. The molecule has 0 bridgehead atoms. The molecule has 1 amide bonds. The van der Waals surface area contributed by atoms with Crippen molar-refractivity contribution in [3.8, 4) is 0 Å². The summed E-state index contributed by atoms with van der Waals surface area (Å²) in [5, 5.41) is 1.05. The molecule has 1 aliphatic heterocycles. The minimum absolute atomic E-state index is 0.0980. The van der Waals surface area contributed by atoms with E-state index in [4.69, 9.17) is 4.98 Å². The van der Waals surface area contributed by atoms with Crippen molar-refractivity contribution in [2.45, 2.75) is 6.92 Å². The predicted molar refractivity (Wildman–Crippen MR) is 107 cm³/mol. The molecule has 4 rings (SSSR count).